The second kappa shape index (κ2) is 5.68. The van der Waals surface area contributed by atoms with E-state index in [4.69, 9.17) is 5.11 Å². The average Bonchev–Trinajstić information content (AvgIpc) is 2.87. The number of nitro groups is 1. The Morgan fingerprint density at radius 2 is 2.10 bits per heavy atom. The molecule has 0 aromatic heterocycles. The molecule has 1 aliphatic rings. The number of nitrogens with one attached hydrogen (secondary N) is 1. The minimum Gasteiger partial charge on any atom is -0.481 e. The van der Waals surface area contributed by atoms with Gasteiger partial charge in [-0.2, -0.15) is 0 Å². The van der Waals surface area contributed by atoms with E-state index in [9.17, 15) is 19.7 Å². The van der Waals surface area contributed by atoms with Gasteiger partial charge < -0.3 is 10.4 Å². The molecule has 0 aliphatic heterocycles. The third kappa shape index (κ3) is 3.11. The molecule has 1 aliphatic carbocycles. The molecule has 2 N–H and O–H groups in total. The second-order valence-corrected chi connectivity index (χ2v) is 4.83. The van der Waals surface area contributed by atoms with Crippen LogP contribution in [0.1, 0.15) is 29.6 Å². The van der Waals surface area contributed by atoms with Crippen LogP contribution in [0.3, 0.4) is 0 Å². The Bertz CT molecular complexity index is 557. The standard InChI is InChI=1S/C13H14N2O5/c16-12(8-2-1-3-11(7-8)15(19)20)14-10-5-4-9(6-10)13(17)18/h1-3,7,9-10H,4-6H2,(H,14,16)(H,17,18). The van der Waals surface area contributed by atoms with Gasteiger partial charge in [-0.3, -0.25) is 19.7 Å². The summed E-state index contributed by atoms with van der Waals surface area (Å²) in [5, 5.41) is 22.3. The van der Waals surface area contributed by atoms with Gasteiger partial charge in [0.15, 0.2) is 0 Å². The molecule has 1 saturated carbocycles. The maximum Gasteiger partial charge on any atom is 0.306 e. The van der Waals surface area contributed by atoms with Crippen LogP contribution in [0.4, 0.5) is 5.69 Å². The lowest BCUT2D eigenvalue weighted by Gasteiger charge is -2.12. The molecule has 0 radical (unpaired) electrons. The van der Waals surface area contributed by atoms with Crippen molar-refractivity contribution < 1.29 is 19.6 Å². The number of aliphatic carboxylic acids is 1. The van der Waals surface area contributed by atoms with Crippen LogP contribution < -0.4 is 5.32 Å². The molecule has 2 atom stereocenters. The summed E-state index contributed by atoms with van der Waals surface area (Å²) in [6.07, 6.45) is 1.54. The van der Waals surface area contributed by atoms with Gasteiger partial charge in [0.25, 0.3) is 11.6 Å². The molecule has 1 amide bonds. The SMILES string of the molecule is O=C(NC1CCC(C(=O)O)C1)c1cccc([N+](=O)[O-])c1. The van der Waals surface area contributed by atoms with Crippen LogP contribution in [0.25, 0.3) is 0 Å². The Morgan fingerprint density at radius 1 is 1.35 bits per heavy atom. The van der Waals surface area contributed by atoms with Gasteiger partial charge in [-0.15, -0.1) is 0 Å². The number of nitro benzene ring substituents is 1. The number of non-ortho nitro benzene ring substituents is 1. The zero-order valence-electron chi connectivity index (χ0n) is 10.6. The Morgan fingerprint density at radius 3 is 2.70 bits per heavy atom. The summed E-state index contributed by atoms with van der Waals surface area (Å²) in [6, 6.07) is 5.27. The molecule has 20 heavy (non-hydrogen) atoms. The first-order chi connectivity index (χ1) is 9.47. The highest BCUT2D eigenvalue weighted by atomic mass is 16.6. The molecule has 1 fully saturated rings. The molecule has 1 aromatic carbocycles. The van der Waals surface area contributed by atoms with Crippen molar-refractivity contribution in [3.05, 3.63) is 39.9 Å². The van der Waals surface area contributed by atoms with Gasteiger partial charge in [0, 0.05) is 23.7 Å². The first-order valence-corrected chi connectivity index (χ1v) is 6.25. The van der Waals surface area contributed by atoms with Gasteiger partial charge >= 0.3 is 5.97 Å². The highest BCUT2D eigenvalue weighted by Gasteiger charge is 2.30. The Kier molecular flexibility index (Phi) is 3.97. The maximum absolute atomic E-state index is 12.0. The van der Waals surface area contributed by atoms with Crippen molar-refractivity contribution in [3.8, 4) is 0 Å². The average molecular weight is 278 g/mol. The van der Waals surface area contributed by atoms with Crippen LogP contribution in [0.15, 0.2) is 24.3 Å². The number of hydrogen-bond acceptors (Lipinski definition) is 4. The molecule has 0 spiro atoms. The molecule has 7 heteroatoms. The van der Waals surface area contributed by atoms with E-state index in [2.05, 4.69) is 5.32 Å². The fourth-order valence-corrected chi connectivity index (χ4v) is 2.37. The molecule has 106 valence electrons. The van der Waals surface area contributed by atoms with Crippen LogP contribution in [0, 0.1) is 16.0 Å². The number of rotatable bonds is 4. The van der Waals surface area contributed by atoms with Crippen molar-refractivity contribution >= 4 is 17.6 Å². The number of carboxylic acid groups (broad SMARTS) is 1. The molecule has 0 bridgehead atoms. The predicted octanol–water partition coefficient (Wildman–Crippen LogP) is 1.58. The van der Waals surface area contributed by atoms with Crippen LogP contribution in [0.5, 0.6) is 0 Å². The van der Waals surface area contributed by atoms with Gasteiger partial charge in [-0.25, -0.2) is 0 Å². The van der Waals surface area contributed by atoms with Gasteiger partial charge in [0.2, 0.25) is 0 Å². The van der Waals surface area contributed by atoms with E-state index in [1.165, 1.54) is 24.3 Å². The van der Waals surface area contributed by atoms with Gasteiger partial charge in [-0.1, -0.05) is 6.07 Å². The van der Waals surface area contributed by atoms with Gasteiger partial charge in [0.1, 0.15) is 0 Å². The molecular weight excluding hydrogens is 264 g/mol. The normalized spacial score (nSPS) is 21.4. The zero-order valence-corrected chi connectivity index (χ0v) is 10.6. The third-order valence-electron chi connectivity index (χ3n) is 3.44. The highest BCUT2D eigenvalue weighted by Crippen LogP contribution is 2.26. The van der Waals surface area contributed by atoms with Crippen molar-refractivity contribution in [2.75, 3.05) is 0 Å². The number of amides is 1. The molecule has 0 saturated heterocycles. The largest absolute Gasteiger partial charge is 0.481 e. The Labute approximate surface area is 114 Å². The van der Waals surface area contributed by atoms with Gasteiger partial charge in [-0.05, 0) is 25.3 Å². The zero-order chi connectivity index (χ0) is 14.7. The number of hydrogen-bond donors (Lipinski definition) is 2. The second-order valence-electron chi connectivity index (χ2n) is 4.83. The molecule has 2 unspecified atom stereocenters. The predicted molar refractivity (Wildman–Crippen MR) is 69.3 cm³/mol. The lowest BCUT2D eigenvalue weighted by molar-refractivity contribution is -0.384. The monoisotopic (exact) mass is 278 g/mol. The van der Waals surface area contributed by atoms with E-state index >= 15 is 0 Å². The number of carboxylic acids is 1. The number of nitrogens with zero attached hydrogens (tertiary/aromatic N) is 1. The lowest BCUT2D eigenvalue weighted by Crippen LogP contribution is -2.33. The van der Waals surface area contributed by atoms with Gasteiger partial charge in [0.05, 0.1) is 10.8 Å². The number of carbonyl (C=O) groups excluding carboxylic acids is 1. The number of carbonyl (C=O) groups is 2. The molecule has 1 aromatic rings. The van der Waals surface area contributed by atoms with Crippen LogP contribution in [0.2, 0.25) is 0 Å². The highest BCUT2D eigenvalue weighted by molar-refractivity contribution is 5.95. The molecule has 0 heterocycles. The quantitative estimate of drug-likeness (QED) is 0.641. The first-order valence-electron chi connectivity index (χ1n) is 6.25. The minimum atomic E-state index is -0.850. The van der Waals surface area contributed by atoms with Crippen LogP contribution in [-0.4, -0.2) is 27.9 Å². The molecule has 2 rings (SSSR count). The summed E-state index contributed by atoms with van der Waals surface area (Å²) in [5.74, 6) is -1.69. The van der Waals surface area contributed by atoms with Crippen molar-refractivity contribution in [2.24, 2.45) is 5.92 Å². The van der Waals surface area contributed by atoms with E-state index in [0.29, 0.717) is 19.3 Å². The van der Waals surface area contributed by atoms with E-state index in [-0.39, 0.29) is 17.3 Å². The van der Waals surface area contributed by atoms with Crippen molar-refractivity contribution in [1.29, 1.82) is 0 Å². The lowest BCUT2D eigenvalue weighted by atomic mass is 10.1. The fraction of sp³-hybridized carbons (Fsp3) is 0.385. The summed E-state index contributed by atoms with van der Waals surface area (Å²) in [5.41, 5.74) is 0.0606. The summed E-state index contributed by atoms with van der Waals surface area (Å²) < 4.78 is 0. The van der Waals surface area contributed by atoms with Crippen LogP contribution >= 0.6 is 0 Å². The number of benzene rings is 1. The molecule has 7 nitrogen and oxygen atoms in total. The minimum absolute atomic E-state index is 0.146. The summed E-state index contributed by atoms with van der Waals surface area (Å²) >= 11 is 0. The van der Waals surface area contributed by atoms with Crippen molar-refractivity contribution in [2.45, 2.75) is 25.3 Å². The third-order valence-corrected chi connectivity index (χ3v) is 3.44. The first kappa shape index (κ1) is 14.0. The smallest absolute Gasteiger partial charge is 0.306 e. The van der Waals surface area contributed by atoms with Crippen molar-refractivity contribution in [1.82, 2.24) is 5.32 Å². The summed E-state index contributed by atoms with van der Waals surface area (Å²) in [7, 11) is 0. The molecular formula is C13H14N2O5. The van der Waals surface area contributed by atoms with Crippen LogP contribution in [-0.2, 0) is 4.79 Å². The van der Waals surface area contributed by atoms with E-state index in [1.54, 1.807) is 0 Å². The maximum atomic E-state index is 12.0. The van der Waals surface area contributed by atoms with E-state index < -0.39 is 22.7 Å². The fourth-order valence-electron chi connectivity index (χ4n) is 2.37. The summed E-state index contributed by atoms with van der Waals surface area (Å²) in [4.78, 5) is 32.9. The van der Waals surface area contributed by atoms with E-state index in [0.717, 1.165) is 0 Å². The van der Waals surface area contributed by atoms with E-state index in [1.807, 2.05) is 0 Å². The Hall–Kier alpha value is -2.44. The topological polar surface area (TPSA) is 110 Å². The summed E-state index contributed by atoms with van der Waals surface area (Å²) in [6.45, 7) is 0. The van der Waals surface area contributed by atoms with Crippen molar-refractivity contribution in [3.63, 3.8) is 0 Å². The Balaban J connectivity index is 2.00.